The number of rotatable bonds is 1. The summed E-state index contributed by atoms with van der Waals surface area (Å²) < 4.78 is 0. The molecule has 0 saturated carbocycles. The molecule has 0 saturated heterocycles. The molecule has 0 aliphatic heterocycles. The van der Waals surface area contributed by atoms with Gasteiger partial charge in [-0.25, -0.2) is 15.0 Å². The molecule has 90 valence electrons. The summed E-state index contributed by atoms with van der Waals surface area (Å²) in [6, 6.07) is 5.81. The number of hydrogen-bond acceptors (Lipinski definition) is 4. The highest BCUT2D eigenvalue weighted by Gasteiger charge is 2.08. The summed E-state index contributed by atoms with van der Waals surface area (Å²) in [6.07, 6.45) is 8.92. The predicted octanol–water partition coefficient (Wildman–Crippen LogP) is 2.57. The van der Waals surface area contributed by atoms with Crippen molar-refractivity contribution in [1.29, 1.82) is 0 Å². The second-order valence-electron chi connectivity index (χ2n) is 4.23. The molecule has 0 bridgehead atoms. The third-order valence-electron chi connectivity index (χ3n) is 3.09. The van der Waals surface area contributed by atoms with Crippen LogP contribution in [0.2, 0.25) is 0 Å². The van der Waals surface area contributed by atoms with Gasteiger partial charge in [0.15, 0.2) is 5.82 Å². The van der Waals surface area contributed by atoms with Crippen LogP contribution in [-0.4, -0.2) is 24.9 Å². The maximum absolute atomic E-state index is 4.56. The smallest absolute Gasteiger partial charge is 0.160 e. The summed E-state index contributed by atoms with van der Waals surface area (Å²) in [4.78, 5) is 20.4. The van der Waals surface area contributed by atoms with E-state index in [1.54, 1.807) is 18.6 Å². The first-order valence-corrected chi connectivity index (χ1v) is 5.91. The molecule has 0 spiro atoms. The van der Waals surface area contributed by atoms with Gasteiger partial charge < -0.3 is 4.98 Å². The van der Waals surface area contributed by atoms with Crippen LogP contribution in [-0.2, 0) is 0 Å². The van der Waals surface area contributed by atoms with Crippen LogP contribution in [0.25, 0.3) is 33.3 Å². The third kappa shape index (κ3) is 1.55. The molecule has 0 atom stereocenters. The van der Waals surface area contributed by atoms with Crippen molar-refractivity contribution in [2.75, 3.05) is 0 Å². The highest BCUT2D eigenvalue weighted by atomic mass is 14.9. The Morgan fingerprint density at radius 1 is 0.947 bits per heavy atom. The van der Waals surface area contributed by atoms with Gasteiger partial charge in [0.2, 0.25) is 0 Å². The molecule has 4 aromatic heterocycles. The minimum atomic E-state index is 0.688. The number of fused-ring (bicyclic) bond motifs is 2. The number of hydrogen-bond donors (Lipinski definition) is 1. The lowest BCUT2D eigenvalue weighted by Gasteiger charge is -2.03. The highest BCUT2D eigenvalue weighted by Crippen LogP contribution is 2.24. The highest BCUT2D eigenvalue weighted by molar-refractivity contribution is 5.91. The second kappa shape index (κ2) is 3.84. The lowest BCUT2D eigenvalue weighted by atomic mass is 10.1. The summed E-state index contributed by atoms with van der Waals surface area (Å²) >= 11 is 0. The molecule has 0 aliphatic carbocycles. The van der Waals surface area contributed by atoms with Crippen LogP contribution < -0.4 is 0 Å². The molecule has 0 aromatic carbocycles. The number of nitrogens with zero attached hydrogens (tertiary/aromatic N) is 4. The fraction of sp³-hybridized carbons (Fsp3) is 0. The van der Waals surface area contributed by atoms with Gasteiger partial charge in [0.25, 0.3) is 0 Å². The first-order valence-electron chi connectivity index (χ1n) is 5.91. The van der Waals surface area contributed by atoms with Crippen molar-refractivity contribution >= 4 is 21.9 Å². The van der Waals surface area contributed by atoms with E-state index in [0.717, 1.165) is 27.5 Å². The average Bonchev–Trinajstić information content (AvgIpc) is 2.95. The van der Waals surface area contributed by atoms with E-state index in [1.807, 2.05) is 30.6 Å². The third-order valence-corrected chi connectivity index (χ3v) is 3.09. The van der Waals surface area contributed by atoms with Crippen molar-refractivity contribution < 1.29 is 0 Å². The Bertz CT molecular complexity index is 881. The lowest BCUT2D eigenvalue weighted by molar-refractivity contribution is 1.21. The zero-order valence-corrected chi connectivity index (χ0v) is 9.91. The van der Waals surface area contributed by atoms with Crippen molar-refractivity contribution in [1.82, 2.24) is 24.9 Å². The molecule has 4 rings (SSSR count). The topological polar surface area (TPSA) is 67.3 Å². The van der Waals surface area contributed by atoms with E-state index in [2.05, 4.69) is 24.9 Å². The molecule has 0 radical (unpaired) electrons. The van der Waals surface area contributed by atoms with E-state index in [-0.39, 0.29) is 0 Å². The first-order chi connectivity index (χ1) is 9.42. The number of aromatic amines is 1. The normalized spacial score (nSPS) is 11.2. The van der Waals surface area contributed by atoms with Gasteiger partial charge in [-0.1, -0.05) is 0 Å². The van der Waals surface area contributed by atoms with Gasteiger partial charge in [0.1, 0.15) is 5.65 Å². The Hall–Kier alpha value is -2.82. The summed E-state index contributed by atoms with van der Waals surface area (Å²) in [5.74, 6) is 0.688. The van der Waals surface area contributed by atoms with Crippen molar-refractivity contribution in [3.63, 3.8) is 0 Å². The zero-order chi connectivity index (χ0) is 12.7. The molecule has 5 nitrogen and oxygen atoms in total. The summed E-state index contributed by atoms with van der Waals surface area (Å²) in [5, 5.41) is 2.00. The first kappa shape index (κ1) is 10.1. The summed E-state index contributed by atoms with van der Waals surface area (Å²) in [6.45, 7) is 0. The maximum atomic E-state index is 4.56. The number of aromatic nitrogens is 5. The van der Waals surface area contributed by atoms with E-state index >= 15 is 0 Å². The van der Waals surface area contributed by atoms with Gasteiger partial charge in [-0.2, -0.15) is 0 Å². The molecule has 0 unspecified atom stereocenters. The largest absolute Gasteiger partial charge is 0.346 e. The van der Waals surface area contributed by atoms with Crippen LogP contribution in [0, 0.1) is 0 Å². The molecule has 0 amide bonds. The van der Waals surface area contributed by atoms with Crippen LogP contribution in [0.5, 0.6) is 0 Å². The Labute approximate surface area is 108 Å². The van der Waals surface area contributed by atoms with Crippen LogP contribution in [0.4, 0.5) is 0 Å². The molecule has 4 heterocycles. The van der Waals surface area contributed by atoms with E-state index in [4.69, 9.17) is 0 Å². The number of H-pyrrole nitrogens is 1. The van der Waals surface area contributed by atoms with Gasteiger partial charge in [-0.3, -0.25) is 4.98 Å². The molecule has 1 N–H and O–H groups in total. The molecule has 19 heavy (non-hydrogen) atoms. The van der Waals surface area contributed by atoms with Gasteiger partial charge in [0.05, 0.1) is 11.7 Å². The number of pyridine rings is 2. The maximum Gasteiger partial charge on any atom is 0.160 e. The molecule has 0 fully saturated rings. The Balaban J connectivity index is 2.01. The fourth-order valence-corrected chi connectivity index (χ4v) is 2.16. The van der Waals surface area contributed by atoms with E-state index < -0.39 is 0 Å². The van der Waals surface area contributed by atoms with E-state index in [0.29, 0.717) is 5.82 Å². The second-order valence-corrected chi connectivity index (χ2v) is 4.23. The molecule has 0 aliphatic rings. The zero-order valence-electron chi connectivity index (χ0n) is 9.91. The monoisotopic (exact) mass is 247 g/mol. The van der Waals surface area contributed by atoms with Crippen molar-refractivity contribution in [2.45, 2.75) is 0 Å². The fourth-order valence-electron chi connectivity index (χ4n) is 2.16. The minimum absolute atomic E-state index is 0.688. The SMILES string of the molecule is c1cc2cnc(-c3ccnc4[nH]ccc34)nc2cn1. The average molecular weight is 247 g/mol. The Morgan fingerprint density at radius 3 is 2.95 bits per heavy atom. The van der Waals surface area contributed by atoms with Crippen LogP contribution in [0.3, 0.4) is 0 Å². The Morgan fingerprint density at radius 2 is 1.95 bits per heavy atom. The number of nitrogens with one attached hydrogen (secondary N) is 1. The lowest BCUT2D eigenvalue weighted by Crippen LogP contribution is -1.91. The van der Waals surface area contributed by atoms with Gasteiger partial charge in [-0.05, 0) is 18.2 Å². The van der Waals surface area contributed by atoms with Crippen molar-refractivity contribution in [3.05, 3.63) is 49.2 Å². The minimum Gasteiger partial charge on any atom is -0.346 e. The standard InChI is InChI=1S/C14H9N5/c1-4-15-8-12-9(1)7-18-14(19-12)11-3-6-17-13-10(11)2-5-16-13/h1-8H,(H,16,17). The summed E-state index contributed by atoms with van der Waals surface area (Å²) in [5.41, 5.74) is 2.65. The molecular formula is C14H9N5. The van der Waals surface area contributed by atoms with Crippen molar-refractivity contribution in [2.24, 2.45) is 0 Å². The predicted molar refractivity (Wildman–Crippen MR) is 72.4 cm³/mol. The van der Waals surface area contributed by atoms with Crippen molar-refractivity contribution in [3.8, 4) is 11.4 Å². The van der Waals surface area contributed by atoms with Gasteiger partial charge in [-0.15, -0.1) is 0 Å². The van der Waals surface area contributed by atoms with Gasteiger partial charge >= 0.3 is 0 Å². The van der Waals surface area contributed by atoms with E-state index in [1.165, 1.54) is 0 Å². The summed E-state index contributed by atoms with van der Waals surface area (Å²) in [7, 11) is 0. The van der Waals surface area contributed by atoms with Crippen LogP contribution in [0.15, 0.2) is 49.2 Å². The molecular weight excluding hydrogens is 238 g/mol. The molecule has 5 heteroatoms. The van der Waals surface area contributed by atoms with Gasteiger partial charge in [0, 0.05) is 41.1 Å². The van der Waals surface area contributed by atoms with E-state index in [9.17, 15) is 0 Å². The van der Waals surface area contributed by atoms with Crippen LogP contribution in [0.1, 0.15) is 0 Å². The van der Waals surface area contributed by atoms with Crippen LogP contribution >= 0.6 is 0 Å². The Kier molecular flexibility index (Phi) is 2.05. The molecule has 4 aromatic rings. The quantitative estimate of drug-likeness (QED) is 0.561.